The lowest BCUT2D eigenvalue weighted by Crippen LogP contribution is -2.22. The Morgan fingerprint density at radius 2 is 2.07 bits per heavy atom. The third-order valence-corrected chi connectivity index (χ3v) is 1.66. The molecule has 0 atom stereocenters. The van der Waals surface area contributed by atoms with Crippen molar-refractivity contribution in [3.63, 3.8) is 0 Å². The highest BCUT2D eigenvalue weighted by Crippen LogP contribution is 2.10. The molecule has 0 aliphatic carbocycles. The summed E-state index contributed by atoms with van der Waals surface area (Å²) in [6.45, 7) is 6.51. The van der Waals surface area contributed by atoms with E-state index in [9.17, 15) is 4.79 Å². The zero-order chi connectivity index (χ0) is 11.0. The van der Waals surface area contributed by atoms with Gasteiger partial charge in [0.25, 0.3) is 5.91 Å². The van der Waals surface area contributed by atoms with Crippen molar-refractivity contribution in [2.75, 3.05) is 6.54 Å². The first-order chi connectivity index (χ1) is 6.74. The van der Waals surface area contributed by atoms with Crippen LogP contribution in [0, 0.1) is 0 Å². The van der Waals surface area contributed by atoms with Crippen molar-refractivity contribution in [2.45, 2.75) is 20.8 Å². The van der Waals surface area contributed by atoms with E-state index < -0.39 is 0 Å². The number of amides is 1. The predicted octanol–water partition coefficient (Wildman–Crippen LogP) is 3.12. The fourth-order valence-corrected chi connectivity index (χ4v) is 1.08. The van der Waals surface area contributed by atoms with E-state index in [0.29, 0.717) is 17.1 Å². The summed E-state index contributed by atoms with van der Waals surface area (Å²) in [4.78, 5) is 11.2. The van der Waals surface area contributed by atoms with Gasteiger partial charge in [0.15, 0.2) is 0 Å². The van der Waals surface area contributed by atoms with Crippen LogP contribution in [0.15, 0.2) is 24.3 Å². The normalized spacial score (nSPS) is 8.57. The Balaban J connectivity index is 0.000000791. The molecule has 0 saturated heterocycles. The molecule has 1 rings (SSSR count). The van der Waals surface area contributed by atoms with E-state index >= 15 is 0 Å². The number of carbonyl (C=O) groups excluding carboxylic acids is 1. The van der Waals surface area contributed by atoms with E-state index in [4.69, 9.17) is 11.6 Å². The zero-order valence-electron chi connectivity index (χ0n) is 8.80. The van der Waals surface area contributed by atoms with Crippen molar-refractivity contribution in [3.05, 3.63) is 34.9 Å². The van der Waals surface area contributed by atoms with Crippen LogP contribution in [-0.2, 0) is 0 Å². The Hall–Kier alpha value is -1.02. The first-order valence-corrected chi connectivity index (χ1v) is 5.15. The van der Waals surface area contributed by atoms with Crippen molar-refractivity contribution in [2.24, 2.45) is 0 Å². The summed E-state index contributed by atoms with van der Waals surface area (Å²) in [5.74, 6) is -0.0833. The van der Waals surface area contributed by atoms with Gasteiger partial charge in [-0.25, -0.2) is 0 Å². The molecule has 0 fully saturated rings. The second kappa shape index (κ2) is 7.39. The molecule has 0 saturated carbocycles. The minimum Gasteiger partial charge on any atom is -0.352 e. The van der Waals surface area contributed by atoms with Crippen LogP contribution in [0.3, 0.4) is 0 Å². The highest BCUT2D eigenvalue weighted by atomic mass is 35.5. The quantitative estimate of drug-likeness (QED) is 0.804. The molecule has 0 radical (unpaired) electrons. The minimum absolute atomic E-state index is 0.0833. The van der Waals surface area contributed by atoms with Crippen molar-refractivity contribution in [1.82, 2.24) is 5.32 Å². The summed E-state index contributed by atoms with van der Waals surface area (Å²) >= 11 is 5.71. The Morgan fingerprint density at radius 3 is 2.57 bits per heavy atom. The van der Waals surface area contributed by atoms with Crippen molar-refractivity contribution in [1.29, 1.82) is 0 Å². The Bertz CT molecular complexity index is 286. The molecule has 0 unspecified atom stereocenters. The van der Waals surface area contributed by atoms with E-state index in [1.807, 2.05) is 20.8 Å². The SMILES string of the molecule is CC.CCNC(=O)c1cccc(Cl)c1. The third kappa shape index (κ3) is 4.28. The molecule has 0 spiro atoms. The number of hydrogen-bond acceptors (Lipinski definition) is 1. The number of nitrogens with one attached hydrogen (secondary N) is 1. The van der Waals surface area contributed by atoms with E-state index in [1.165, 1.54) is 0 Å². The second-order valence-electron chi connectivity index (χ2n) is 2.37. The molecule has 3 heteroatoms. The van der Waals surface area contributed by atoms with Crippen molar-refractivity contribution in [3.8, 4) is 0 Å². The standard InChI is InChI=1S/C9H10ClNO.C2H6/c1-2-11-9(12)7-4-3-5-8(10)6-7;1-2/h3-6H,2H2,1H3,(H,11,12);1-2H3. The Morgan fingerprint density at radius 1 is 1.43 bits per heavy atom. The van der Waals surface area contributed by atoms with Crippen molar-refractivity contribution < 1.29 is 4.79 Å². The smallest absolute Gasteiger partial charge is 0.251 e. The molecule has 0 heterocycles. The van der Waals surface area contributed by atoms with Gasteiger partial charge in [-0.15, -0.1) is 0 Å². The van der Waals surface area contributed by atoms with Gasteiger partial charge < -0.3 is 5.32 Å². The highest BCUT2D eigenvalue weighted by Gasteiger charge is 2.02. The summed E-state index contributed by atoms with van der Waals surface area (Å²) in [6, 6.07) is 6.88. The monoisotopic (exact) mass is 213 g/mol. The first kappa shape index (κ1) is 13.0. The van der Waals surface area contributed by atoms with E-state index in [0.717, 1.165) is 0 Å². The molecule has 1 aromatic carbocycles. The lowest BCUT2D eigenvalue weighted by Gasteiger charge is -2.01. The molecule has 1 amide bonds. The highest BCUT2D eigenvalue weighted by molar-refractivity contribution is 6.30. The van der Waals surface area contributed by atoms with E-state index in [2.05, 4.69) is 5.32 Å². The number of hydrogen-bond donors (Lipinski definition) is 1. The summed E-state index contributed by atoms with van der Waals surface area (Å²) in [7, 11) is 0. The number of benzene rings is 1. The van der Waals surface area contributed by atoms with E-state index in [-0.39, 0.29) is 5.91 Å². The predicted molar refractivity (Wildman–Crippen MR) is 60.8 cm³/mol. The maximum Gasteiger partial charge on any atom is 0.251 e. The second-order valence-corrected chi connectivity index (χ2v) is 2.81. The van der Waals surface area contributed by atoms with Crippen LogP contribution in [0.2, 0.25) is 5.02 Å². The number of rotatable bonds is 2. The molecule has 78 valence electrons. The van der Waals surface area contributed by atoms with Crippen molar-refractivity contribution >= 4 is 17.5 Å². The van der Waals surface area contributed by atoms with Crippen LogP contribution in [-0.4, -0.2) is 12.5 Å². The third-order valence-electron chi connectivity index (χ3n) is 1.42. The molecule has 1 N–H and O–H groups in total. The largest absolute Gasteiger partial charge is 0.352 e. The topological polar surface area (TPSA) is 29.1 Å². The maximum absolute atomic E-state index is 11.2. The van der Waals surface area contributed by atoms with Gasteiger partial charge in [0.2, 0.25) is 0 Å². The molecule has 0 aromatic heterocycles. The lowest BCUT2D eigenvalue weighted by molar-refractivity contribution is 0.0956. The van der Waals surface area contributed by atoms with E-state index in [1.54, 1.807) is 24.3 Å². The molecular formula is C11H16ClNO. The van der Waals surface area contributed by atoms with Gasteiger partial charge in [-0.05, 0) is 25.1 Å². The molecule has 0 aliphatic rings. The fraction of sp³-hybridized carbons (Fsp3) is 0.364. The maximum atomic E-state index is 11.2. The molecule has 1 aromatic rings. The van der Waals surface area contributed by atoms with Crippen LogP contribution in [0.1, 0.15) is 31.1 Å². The first-order valence-electron chi connectivity index (χ1n) is 4.78. The van der Waals surface area contributed by atoms with Gasteiger partial charge in [0.05, 0.1) is 0 Å². The van der Waals surface area contributed by atoms with Gasteiger partial charge in [0, 0.05) is 17.1 Å². The fourth-order valence-electron chi connectivity index (χ4n) is 0.892. The molecule has 0 bridgehead atoms. The average Bonchev–Trinajstić information content (AvgIpc) is 2.21. The summed E-state index contributed by atoms with van der Waals surface area (Å²) in [5, 5.41) is 3.27. The van der Waals surface area contributed by atoms with Gasteiger partial charge in [-0.3, -0.25) is 4.79 Å². The Labute approximate surface area is 90.3 Å². The van der Waals surface area contributed by atoms with Gasteiger partial charge in [0.1, 0.15) is 0 Å². The van der Waals surface area contributed by atoms with Crippen LogP contribution >= 0.6 is 11.6 Å². The molecular weight excluding hydrogens is 198 g/mol. The molecule has 2 nitrogen and oxygen atoms in total. The number of carbonyl (C=O) groups is 1. The summed E-state index contributed by atoms with van der Waals surface area (Å²) in [5.41, 5.74) is 0.601. The summed E-state index contributed by atoms with van der Waals surface area (Å²) in [6.07, 6.45) is 0. The van der Waals surface area contributed by atoms with Crippen LogP contribution < -0.4 is 5.32 Å². The molecule has 14 heavy (non-hydrogen) atoms. The van der Waals surface area contributed by atoms with Crippen LogP contribution in [0.5, 0.6) is 0 Å². The van der Waals surface area contributed by atoms with Crippen LogP contribution in [0.4, 0.5) is 0 Å². The van der Waals surface area contributed by atoms with Crippen LogP contribution in [0.25, 0.3) is 0 Å². The lowest BCUT2D eigenvalue weighted by atomic mass is 10.2. The Kier molecular flexibility index (Phi) is 6.85. The minimum atomic E-state index is -0.0833. The number of halogens is 1. The molecule has 0 aliphatic heterocycles. The zero-order valence-corrected chi connectivity index (χ0v) is 9.56. The van der Waals surface area contributed by atoms with Gasteiger partial charge in [-0.1, -0.05) is 31.5 Å². The average molecular weight is 214 g/mol. The summed E-state index contributed by atoms with van der Waals surface area (Å²) < 4.78 is 0. The van der Waals surface area contributed by atoms with Gasteiger partial charge >= 0.3 is 0 Å². The van der Waals surface area contributed by atoms with Gasteiger partial charge in [-0.2, -0.15) is 0 Å².